The van der Waals surface area contributed by atoms with Gasteiger partial charge < -0.3 is 4.74 Å². The minimum atomic E-state index is 0.482. The minimum absolute atomic E-state index is 0.482. The first-order valence-electron chi connectivity index (χ1n) is 3.99. The van der Waals surface area contributed by atoms with Crippen molar-refractivity contribution in [2.75, 3.05) is 7.11 Å². The lowest BCUT2D eigenvalue weighted by Crippen LogP contribution is -1.94. The van der Waals surface area contributed by atoms with Gasteiger partial charge in [0.25, 0.3) is 0 Å². The summed E-state index contributed by atoms with van der Waals surface area (Å²) in [5.41, 5.74) is 1.24. The molecule has 1 aromatic carbocycles. The Morgan fingerprint density at radius 3 is 2.42 bits per heavy atom. The van der Waals surface area contributed by atoms with Crippen LogP contribution in [0.4, 0.5) is 0 Å². The van der Waals surface area contributed by atoms with Crippen molar-refractivity contribution in [3.63, 3.8) is 0 Å². The van der Waals surface area contributed by atoms with Crippen LogP contribution in [-0.4, -0.2) is 7.11 Å². The lowest BCUT2D eigenvalue weighted by atomic mass is 10.0. The minimum Gasteiger partial charge on any atom is -0.496 e. The van der Waals surface area contributed by atoms with Gasteiger partial charge in [-0.25, -0.2) is 0 Å². The van der Waals surface area contributed by atoms with Gasteiger partial charge >= 0.3 is 0 Å². The van der Waals surface area contributed by atoms with Gasteiger partial charge in [-0.2, -0.15) is 0 Å². The van der Waals surface area contributed by atoms with Crippen LogP contribution < -0.4 is 4.74 Å². The first-order valence-corrected chi connectivity index (χ1v) is 4.78. The number of hydrogen-bond donors (Lipinski definition) is 0. The van der Waals surface area contributed by atoms with Gasteiger partial charge in [-0.3, -0.25) is 0 Å². The zero-order valence-electron chi connectivity index (χ0n) is 7.60. The standard InChI is InChI=1S/C10H13BrO/c1-7(2)10-8(11)5-4-6-9(10)12-3/h4-7H,1-3H3. The second kappa shape index (κ2) is 3.94. The summed E-state index contributed by atoms with van der Waals surface area (Å²) in [7, 11) is 1.70. The topological polar surface area (TPSA) is 9.23 Å². The van der Waals surface area contributed by atoms with E-state index in [1.807, 2.05) is 18.2 Å². The van der Waals surface area contributed by atoms with E-state index in [-0.39, 0.29) is 0 Å². The number of methoxy groups -OCH3 is 1. The van der Waals surface area contributed by atoms with Crippen molar-refractivity contribution < 1.29 is 4.74 Å². The summed E-state index contributed by atoms with van der Waals surface area (Å²) >= 11 is 3.51. The van der Waals surface area contributed by atoms with E-state index in [0.717, 1.165) is 10.2 Å². The van der Waals surface area contributed by atoms with Crippen LogP contribution in [0, 0.1) is 0 Å². The Kier molecular flexibility index (Phi) is 3.15. The summed E-state index contributed by atoms with van der Waals surface area (Å²) in [5, 5.41) is 0. The SMILES string of the molecule is COc1cccc(Br)c1C(C)C. The summed E-state index contributed by atoms with van der Waals surface area (Å²) in [5.74, 6) is 1.44. The molecule has 0 radical (unpaired) electrons. The van der Waals surface area contributed by atoms with Crippen molar-refractivity contribution in [3.8, 4) is 5.75 Å². The predicted molar refractivity (Wildman–Crippen MR) is 54.8 cm³/mol. The number of benzene rings is 1. The molecule has 0 saturated carbocycles. The molecular formula is C10H13BrO. The van der Waals surface area contributed by atoms with Crippen LogP contribution in [0.3, 0.4) is 0 Å². The lowest BCUT2D eigenvalue weighted by molar-refractivity contribution is 0.407. The van der Waals surface area contributed by atoms with E-state index in [1.165, 1.54) is 5.56 Å². The molecule has 0 bridgehead atoms. The van der Waals surface area contributed by atoms with Gasteiger partial charge in [0, 0.05) is 10.0 Å². The van der Waals surface area contributed by atoms with Crippen LogP contribution in [0.25, 0.3) is 0 Å². The summed E-state index contributed by atoms with van der Waals surface area (Å²) < 4.78 is 6.38. The third-order valence-electron chi connectivity index (χ3n) is 1.81. The number of rotatable bonds is 2. The highest BCUT2D eigenvalue weighted by Gasteiger charge is 2.09. The van der Waals surface area contributed by atoms with Crippen molar-refractivity contribution in [2.24, 2.45) is 0 Å². The molecule has 0 aromatic heterocycles. The van der Waals surface area contributed by atoms with Crippen LogP contribution in [0.5, 0.6) is 5.75 Å². The Hall–Kier alpha value is -0.500. The van der Waals surface area contributed by atoms with Gasteiger partial charge in [-0.05, 0) is 18.1 Å². The average molecular weight is 229 g/mol. The summed E-state index contributed by atoms with van der Waals surface area (Å²) in [6.07, 6.45) is 0. The smallest absolute Gasteiger partial charge is 0.123 e. The molecule has 1 aromatic rings. The van der Waals surface area contributed by atoms with E-state index >= 15 is 0 Å². The summed E-state index contributed by atoms with van der Waals surface area (Å²) in [4.78, 5) is 0. The maximum atomic E-state index is 5.26. The summed E-state index contributed by atoms with van der Waals surface area (Å²) in [6.45, 7) is 4.31. The monoisotopic (exact) mass is 228 g/mol. The Bertz CT molecular complexity index is 269. The molecule has 0 spiro atoms. The maximum absolute atomic E-state index is 5.26. The Morgan fingerprint density at radius 2 is 2.00 bits per heavy atom. The normalized spacial score (nSPS) is 10.4. The van der Waals surface area contributed by atoms with Gasteiger partial charge in [0.05, 0.1) is 7.11 Å². The number of ether oxygens (including phenoxy) is 1. The van der Waals surface area contributed by atoms with Gasteiger partial charge in [-0.15, -0.1) is 0 Å². The van der Waals surface area contributed by atoms with Gasteiger partial charge in [0.1, 0.15) is 5.75 Å². The molecule has 0 atom stereocenters. The maximum Gasteiger partial charge on any atom is 0.123 e. The van der Waals surface area contributed by atoms with E-state index in [4.69, 9.17) is 4.74 Å². The molecule has 0 aliphatic heterocycles. The molecule has 1 nitrogen and oxygen atoms in total. The Morgan fingerprint density at radius 1 is 1.33 bits per heavy atom. The van der Waals surface area contributed by atoms with Crippen molar-refractivity contribution in [1.29, 1.82) is 0 Å². The second-order valence-corrected chi connectivity index (χ2v) is 3.86. The molecule has 0 N–H and O–H groups in total. The zero-order valence-corrected chi connectivity index (χ0v) is 9.18. The Balaban J connectivity index is 3.20. The molecule has 0 unspecified atom stereocenters. The third-order valence-corrected chi connectivity index (χ3v) is 2.50. The molecule has 0 aliphatic rings. The second-order valence-electron chi connectivity index (χ2n) is 3.01. The highest BCUT2D eigenvalue weighted by molar-refractivity contribution is 9.10. The van der Waals surface area contributed by atoms with Crippen molar-refractivity contribution in [1.82, 2.24) is 0 Å². The van der Waals surface area contributed by atoms with E-state index in [1.54, 1.807) is 7.11 Å². The number of hydrogen-bond acceptors (Lipinski definition) is 1. The molecule has 2 heteroatoms. The van der Waals surface area contributed by atoms with E-state index in [0.29, 0.717) is 5.92 Å². The third kappa shape index (κ3) is 1.81. The molecule has 12 heavy (non-hydrogen) atoms. The summed E-state index contributed by atoms with van der Waals surface area (Å²) in [6, 6.07) is 6.01. The zero-order chi connectivity index (χ0) is 9.14. The van der Waals surface area contributed by atoms with Crippen LogP contribution in [0.1, 0.15) is 25.3 Å². The number of halogens is 1. The van der Waals surface area contributed by atoms with Crippen molar-refractivity contribution in [3.05, 3.63) is 28.2 Å². The molecule has 0 aliphatic carbocycles. The van der Waals surface area contributed by atoms with Crippen LogP contribution >= 0.6 is 15.9 Å². The van der Waals surface area contributed by atoms with Gasteiger partial charge in [0.15, 0.2) is 0 Å². The quantitative estimate of drug-likeness (QED) is 0.753. The van der Waals surface area contributed by atoms with Gasteiger partial charge in [0.2, 0.25) is 0 Å². The van der Waals surface area contributed by atoms with E-state index in [2.05, 4.69) is 29.8 Å². The largest absolute Gasteiger partial charge is 0.496 e. The van der Waals surface area contributed by atoms with E-state index < -0.39 is 0 Å². The molecular weight excluding hydrogens is 216 g/mol. The molecule has 66 valence electrons. The average Bonchev–Trinajstić information content (AvgIpc) is 2.03. The molecule has 0 fully saturated rings. The predicted octanol–water partition coefficient (Wildman–Crippen LogP) is 3.58. The molecule has 0 amide bonds. The van der Waals surface area contributed by atoms with Gasteiger partial charge in [-0.1, -0.05) is 35.8 Å². The molecule has 0 heterocycles. The Labute approximate surface area is 81.9 Å². The molecule has 0 saturated heterocycles. The highest BCUT2D eigenvalue weighted by atomic mass is 79.9. The first-order chi connectivity index (χ1) is 5.66. The van der Waals surface area contributed by atoms with Crippen molar-refractivity contribution in [2.45, 2.75) is 19.8 Å². The van der Waals surface area contributed by atoms with E-state index in [9.17, 15) is 0 Å². The van der Waals surface area contributed by atoms with Crippen LogP contribution in [-0.2, 0) is 0 Å². The van der Waals surface area contributed by atoms with Crippen LogP contribution in [0.2, 0.25) is 0 Å². The fourth-order valence-corrected chi connectivity index (χ4v) is 2.06. The first kappa shape index (κ1) is 9.59. The lowest BCUT2D eigenvalue weighted by Gasteiger charge is -2.12. The van der Waals surface area contributed by atoms with Crippen LogP contribution in [0.15, 0.2) is 22.7 Å². The fraction of sp³-hybridized carbons (Fsp3) is 0.400. The van der Waals surface area contributed by atoms with Crippen molar-refractivity contribution >= 4 is 15.9 Å². The fourth-order valence-electron chi connectivity index (χ4n) is 1.26. The highest BCUT2D eigenvalue weighted by Crippen LogP contribution is 2.32. The molecule has 1 rings (SSSR count).